The van der Waals surface area contributed by atoms with Gasteiger partial charge in [0.1, 0.15) is 5.52 Å². The maximum absolute atomic E-state index is 12.7. The van der Waals surface area contributed by atoms with Gasteiger partial charge >= 0.3 is 0 Å². The van der Waals surface area contributed by atoms with E-state index >= 15 is 0 Å². The van der Waals surface area contributed by atoms with Crippen molar-refractivity contribution in [3.63, 3.8) is 0 Å². The Hall–Kier alpha value is -3.02. The molecule has 1 aromatic heterocycles. The summed E-state index contributed by atoms with van der Waals surface area (Å²) < 4.78 is 1.26. The summed E-state index contributed by atoms with van der Waals surface area (Å²) in [6.07, 6.45) is 0.188. The molecule has 2 aromatic carbocycles. The molecule has 0 spiro atoms. The molecule has 0 aliphatic heterocycles. The number of hydrogen-bond donors (Lipinski definition) is 0. The zero-order chi connectivity index (χ0) is 18.7. The van der Waals surface area contributed by atoms with Crippen LogP contribution in [0.3, 0.4) is 0 Å². The number of hydrogen-bond acceptors (Lipinski definition) is 4. The van der Waals surface area contributed by atoms with Crippen molar-refractivity contribution in [3.8, 4) is 0 Å². The summed E-state index contributed by atoms with van der Waals surface area (Å²) in [5.41, 5.74) is 3.45. The van der Waals surface area contributed by atoms with Crippen LogP contribution in [-0.2, 0) is 11.3 Å². The van der Waals surface area contributed by atoms with Crippen molar-refractivity contribution in [2.45, 2.75) is 33.7 Å². The molecule has 0 aliphatic carbocycles. The molecule has 134 valence electrons. The quantitative estimate of drug-likeness (QED) is 0.709. The third kappa shape index (κ3) is 3.64. The topological polar surface area (TPSA) is 68.1 Å². The number of aryl methyl sites for hydroxylation is 3. The molecule has 6 heteroatoms. The molecular formula is C20H22N4O2. The number of carbonyl (C=O) groups excluding carboxylic acids is 1. The van der Waals surface area contributed by atoms with Gasteiger partial charge in [0.15, 0.2) is 0 Å². The van der Waals surface area contributed by atoms with E-state index in [1.54, 1.807) is 23.1 Å². The summed E-state index contributed by atoms with van der Waals surface area (Å²) in [7, 11) is 0. The Morgan fingerprint density at radius 1 is 1.12 bits per heavy atom. The average Bonchev–Trinajstić information content (AvgIpc) is 2.61. The van der Waals surface area contributed by atoms with Crippen LogP contribution in [-0.4, -0.2) is 27.4 Å². The maximum Gasteiger partial charge on any atom is 0.277 e. The van der Waals surface area contributed by atoms with Gasteiger partial charge in [-0.05, 0) is 56.2 Å². The minimum Gasteiger partial charge on any atom is -0.313 e. The van der Waals surface area contributed by atoms with Crippen LogP contribution >= 0.6 is 0 Å². The van der Waals surface area contributed by atoms with E-state index in [1.165, 1.54) is 4.68 Å². The summed E-state index contributed by atoms with van der Waals surface area (Å²) in [6, 6.07) is 13.1. The number of amides is 1. The highest BCUT2D eigenvalue weighted by Crippen LogP contribution is 2.19. The standard InChI is InChI=1S/C20H22N4O2/c1-4-23(16-12-14(2)11-15(3)13-16)19(25)9-10-24-20(26)17-7-5-6-8-18(17)21-22-24/h5-8,11-13H,4,9-10H2,1-3H3. The molecule has 1 heterocycles. The second kappa shape index (κ2) is 7.47. The molecule has 0 radical (unpaired) electrons. The molecule has 0 atom stereocenters. The Morgan fingerprint density at radius 2 is 1.81 bits per heavy atom. The van der Waals surface area contributed by atoms with Crippen molar-refractivity contribution >= 4 is 22.5 Å². The molecule has 0 bridgehead atoms. The molecule has 3 aromatic rings. The lowest BCUT2D eigenvalue weighted by Gasteiger charge is -2.22. The second-order valence-corrected chi connectivity index (χ2v) is 6.37. The molecule has 26 heavy (non-hydrogen) atoms. The van der Waals surface area contributed by atoms with Crippen molar-refractivity contribution in [2.24, 2.45) is 0 Å². The third-order valence-corrected chi connectivity index (χ3v) is 4.30. The summed E-state index contributed by atoms with van der Waals surface area (Å²) in [4.78, 5) is 26.9. The van der Waals surface area contributed by atoms with E-state index in [4.69, 9.17) is 0 Å². The van der Waals surface area contributed by atoms with Gasteiger partial charge in [0, 0.05) is 18.7 Å². The van der Waals surface area contributed by atoms with Crippen LogP contribution in [0.25, 0.3) is 10.9 Å². The molecule has 0 N–H and O–H groups in total. The molecular weight excluding hydrogens is 328 g/mol. The van der Waals surface area contributed by atoms with Gasteiger partial charge in [0.2, 0.25) is 5.91 Å². The van der Waals surface area contributed by atoms with Crippen LogP contribution in [0.4, 0.5) is 5.69 Å². The fourth-order valence-corrected chi connectivity index (χ4v) is 3.12. The predicted octanol–water partition coefficient (Wildman–Crippen LogP) is 2.85. The minimum absolute atomic E-state index is 0.0423. The SMILES string of the molecule is CCN(C(=O)CCn1nnc2ccccc2c1=O)c1cc(C)cc(C)c1. The molecule has 0 unspecified atom stereocenters. The van der Waals surface area contributed by atoms with Gasteiger partial charge in [-0.15, -0.1) is 5.10 Å². The van der Waals surface area contributed by atoms with E-state index in [1.807, 2.05) is 39.0 Å². The zero-order valence-corrected chi connectivity index (χ0v) is 15.3. The van der Waals surface area contributed by atoms with Gasteiger partial charge < -0.3 is 4.90 Å². The first-order valence-electron chi connectivity index (χ1n) is 8.71. The Labute approximate surface area is 152 Å². The summed E-state index contributed by atoms with van der Waals surface area (Å²) >= 11 is 0. The van der Waals surface area contributed by atoms with E-state index in [2.05, 4.69) is 16.4 Å². The van der Waals surface area contributed by atoms with E-state index in [0.717, 1.165) is 16.8 Å². The number of rotatable bonds is 5. The van der Waals surface area contributed by atoms with Gasteiger partial charge in [0.25, 0.3) is 5.56 Å². The maximum atomic E-state index is 12.7. The summed E-state index contributed by atoms with van der Waals surface area (Å²) in [5.74, 6) is -0.0423. The molecule has 0 fully saturated rings. The van der Waals surface area contributed by atoms with E-state index < -0.39 is 0 Å². The number of carbonyl (C=O) groups is 1. The van der Waals surface area contributed by atoms with Crippen LogP contribution in [0.15, 0.2) is 47.3 Å². The highest BCUT2D eigenvalue weighted by molar-refractivity contribution is 5.93. The first kappa shape index (κ1) is 17.8. The molecule has 1 amide bonds. The van der Waals surface area contributed by atoms with Gasteiger partial charge in [0.05, 0.1) is 11.9 Å². The Bertz CT molecular complexity index is 990. The van der Waals surface area contributed by atoms with Crippen molar-refractivity contribution in [1.29, 1.82) is 0 Å². The summed E-state index contributed by atoms with van der Waals surface area (Å²) in [5, 5.41) is 8.51. The van der Waals surface area contributed by atoms with Crippen LogP contribution in [0.5, 0.6) is 0 Å². The van der Waals surface area contributed by atoms with Gasteiger partial charge in [-0.2, -0.15) is 0 Å². The van der Waals surface area contributed by atoms with Gasteiger partial charge in [-0.1, -0.05) is 23.4 Å². The highest BCUT2D eigenvalue weighted by Gasteiger charge is 2.15. The smallest absolute Gasteiger partial charge is 0.277 e. The first-order valence-corrected chi connectivity index (χ1v) is 8.71. The number of benzene rings is 2. The fourth-order valence-electron chi connectivity index (χ4n) is 3.12. The Kier molecular flexibility index (Phi) is 5.11. The normalized spacial score (nSPS) is 10.9. The molecule has 0 aliphatic rings. The largest absolute Gasteiger partial charge is 0.313 e. The lowest BCUT2D eigenvalue weighted by molar-refractivity contribution is -0.118. The Balaban J connectivity index is 1.79. The van der Waals surface area contributed by atoms with Gasteiger partial charge in [-0.3, -0.25) is 9.59 Å². The lowest BCUT2D eigenvalue weighted by Crippen LogP contribution is -2.33. The number of fused-ring (bicyclic) bond motifs is 1. The minimum atomic E-state index is -0.224. The molecule has 0 saturated carbocycles. The highest BCUT2D eigenvalue weighted by atomic mass is 16.2. The van der Waals surface area contributed by atoms with Crippen molar-refractivity contribution in [2.75, 3.05) is 11.4 Å². The third-order valence-electron chi connectivity index (χ3n) is 4.30. The fraction of sp³-hybridized carbons (Fsp3) is 0.300. The van der Waals surface area contributed by atoms with Crippen molar-refractivity contribution in [1.82, 2.24) is 15.0 Å². The molecule has 0 saturated heterocycles. The van der Waals surface area contributed by atoms with Crippen LogP contribution < -0.4 is 10.5 Å². The zero-order valence-electron chi connectivity index (χ0n) is 15.3. The van der Waals surface area contributed by atoms with Crippen LogP contribution in [0, 0.1) is 13.8 Å². The number of anilines is 1. The Morgan fingerprint density at radius 3 is 2.50 bits per heavy atom. The van der Waals surface area contributed by atoms with Crippen LogP contribution in [0.2, 0.25) is 0 Å². The van der Waals surface area contributed by atoms with Crippen LogP contribution in [0.1, 0.15) is 24.5 Å². The lowest BCUT2D eigenvalue weighted by atomic mass is 10.1. The number of aromatic nitrogens is 3. The van der Waals surface area contributed by atoms with Gasteiger partial charge in [-0.25, -0.2) is 4.68 Å². The summed E-state index contributed by atoms with van der Waals surface area (Å²) in [6.45, 7) is 6.74. The number of nitrogens with zero attached hydrogens (tertiary/aromatic N) is 4. The average molecular weight is 350 g/mol. The predicted molar refractivity (Wildman–Crippen MR) is 102 cm³/mol. The van der Waals surface area contributed by atoms with E-state index in [9.17, 15) is 9.59 Å². The van der Waals surface area contributed by atoms with E-state index in [-0.39, 0.29) is 24.4 Å². The first-order chi connectivity index (χ1) is 12.5. The monoisotopic (exact) mass is 350 g/mol. The van der Waals surface area contributed by atoms with E-state index in [0.29, 0.717) is 17.4 Å². The van der Waals surface area contributed by atoms with Crippen molar-refractivity contribution < 1.29 is 4.79 Å². The second-order valence-electron chi connectivity index (χ2n) is 6.37. The van der Waals surface area contributed by atoms with Crippen molar-refractivity contribution in [3.05, 3.63) is 63.9 Å². The molecule has 6 nitrogen and oxygen atoms in total. The molecule has 3 rings (SSSR count).